The van der Waals surface area contributed by atoms with Gasteiger partial charge in [-0.2, -0.15) is 5.26 Å². The summed E-state index contributed by atoms with van der Waals surface area (Å²) in [5.74, 6) is 0.427. The Bertz CT molecular complexity index is 392. The van der Waals surface area contributed by atoms with Crippen LogP contribution in [0.25, 0.3) is 0 Å². The fraction of sp³-hybridized carbons (Fsp3) is 0.538. The standard InChI is InChI=1S/C13H18N2OS/c1-10(2)7-11(9-14)15(3)13(16)8-12-5-4-6-17-12/h4-6,10-11H,7-8H2,1-3H3. The molecule has 0 aliphatic carbocycles. The van der Waals surface area contributed by atoms with E-state index in [9.17, 15) is 4.79 Å². The van der Waals surface area contributed by atoms with Crippen LogP contribution in [0, 0.1) is 17.2 Å². The summed E-state index contributed by atoms with van der Waals surface area (Å²) in [5.41, 5.74) is 0. The van der Waals surface area contributed by atoms with Gasteiger partial charge in [-0.1, -0.05) is 19.9 Å². The minimum Gasteiger partial charge on any atom is -0.329 e. The predicted octanol–water partition coefficient (Wildman–Crippen LogP) is 2.69. The highest BCUT2D eigenvalue weighted by Gasteiger charge is 2.20. The van der Waals surface area contributed by atoms with Gasteiger partial charge in [0.05, 0.1) is 12.5 Å². The number of likely N-dealkylation sites (N-methyl/N-ethyl adjacent to an activating group) is 1. The Labute approximate surface area is 107 Å². The third-order valence-corrected chi connectivity index (χ3v) is 3.49. The van der Waals surface area contributed by atoms with Crippen LogP contribution < -0.4 is 0 Å². The van der Waals surface area contributed by atoms with Crippen molar-refractivity contribution in [3.8, 4) is 6.07 Å². The molecule has 1 aromatic rings. The van der Waals surface area contributed by atoms with Crippen LogP contribution in [-0.4, -0.2) is 23.9 Å². The molecule has 1 atom stereocenters. The number of hydrogen-bond donors (Lipinski definition) is 0. The molecule has 0 N–H and O–H groups in total. The minimum atomic E-state index is -0.317. The lowest BCUT2D eigenvalue weighted by molar-refractivity contribution is -0.130. The maximum absolute atomic E-state index is 12.0. The van der Waals surface area contributed by atoms with Gasteiger partial charge in [0.1, 0.15) is 6.04 Å². The summed E-state index contributed by atoms with van der Waals surface area (Å²) in [6.45, 7) is 4.11. The Morgan fingerprint density at radius 1 is 1.59 bits per heavy atom. The quantitative estimate of drug-likeness (QED) is 0.806. The van der Waals surface area contributed by atoms with Gasteiger partial charge in [-0.3, -0.25) is 4.79 Å². The first kappa shape index (κ1) is 13.7. The predicted molar refractivity (Wildman–Crippen MR) is 69.6 cm³/mol. The molecule has 0 saturated heterocycles. The van der Waals surface area contributed by atoms with E-state index in [-0.39, 0.29) is 11.9 Å². The summed E-state index contributed by atoms with van der Waals surface area (Å²) in [5, 5.41) is 11.0. The summed E-state index contributed by atoms with van der Waals surface area (Å²) in [6, 6.07) is 5.76. The average molecular weight is 250 g/mol. The summed E-state index contributed by atoms with van der Waals surface area (Å²) < 4.78 is 0. The highest BCUT2D eigenvalue weighted by atomic mass is 32.1. The second-order valence-corrected chi connectivity index (χ2v) is 5.57. The zero-order valence-corrected chi connectivity index (χ0v) is 11.3. The van der Waals surface area contributed by atoms with Crippen molar-refractivity contribution in [1.29, 1.82) is 5.26 Å². The molecule has 3 nitrogen and oxygen atoms in total. The van der Waals surface area contributed by atoms with Crippen LogP contribution in [0.2, 0.25) is 0 Å². The first-order valence-corrected chi connectivity index (χ1v) is 6.60. The molecule has 0 fully saturated rings. The largest absolute Gasteiger partial charge is 0.329 e. The van der Waals surface area contributed by atoms with Gasteiger partial charge in [0.15, 0.2) is 0 Å². The first-order valence-electron chi connectivity index (χ1n) is 5.72. The van der Waals surface area contributed by atoms with Crippen molar-refractivity contribution in [1.82, 2.24) is 4.90 Å². The zero-order valence-electron chi connectivity index (χ0n) is 10.5. The third kappa shape index (κ3) is 4.20. The maximum Gasteiger partial charge on any atom is 0.228 e. The van der Waals surface area contributed by atoms with Crippen LogP contribution in [0.3, 0.4) is 0 Å². The lowest BCUT2D eigenvalue weighted by atomic mass is 10.0. The Hall–Kier alpha value is -1.34. The van der Waals surface area contributed by atoms with Crippen molar-refractivity contribution in [3.05, 3.63) is 22.4 Å². The molecule has 4 heteroatoms. The normalized spacial score (nSPS) is 12.2. The van der Waals surface area contributed by atoms with E-state index >= 15 is 0 Å². The number of amides is 1. The second kappa shape index (κ2) is 6.41. The van der Waals surface area contributed by atoms with Crippen LogP contribution in [0.5, 0.6) is 0 Å². The molecule has 17 heavy (non-hydrogen) atoms. The lowest BCUT2D eigenvalue weighted by Gasteiger charge is -2.23. The Morgan fingerprint density at radius 3 is 2.76 bits per heavy atom. The molecule has 1 heterocycles. The molecule has 1 aromatic heterocycles. The molecule has 0 spiro atoms. The van der Waals surface area contributed by atoms with E-state index < -0.39 is 0 Å². The number of rotatable bonds is 5. The number of carbonyl (C=O) groups excluding carboxylic acids is 1. The van der Waals surface area contributed by atoms with Crippen molar-refractivity contribution in [2.75, 3.05) is 7.05 Å². The van der Waals surface area contributed by atoms with E-state index in [1.807, 2.05) is 17.5 Å². The average Bonchev–Trinajstić information content (AvgIpc) is 2.77. The van der Waals surface area contributed by atoms with Gasteiger partial charge in [-0.15, -0.1) is 11.3 Å². The Morgan fingerprint density at radius 2 is 2.29 bits per heavy atom. The van der Waals surface area contributed by atoms with Crippen molar-refractivity contribution in [2.24, 2.45) is 5.92 Å². The van der Waals surface area contributed by atoms with E-state index in [1.54, 1.807) is 23.3 Å². The lowest BCUT2D eigenvalue weighted by Crippen LogP contribution is -2.37. The molecule has 1 amide bonds. The van der Waals surface area contributed by atoms with Crippen LogP contribution >= 0.6 is 11.3 Å². The molecule has 0 aromatic carbocycles. The van der Waals surface area contributed by atoms with Crippen LogP contribution in [0.15, 0.2) is 17.5 Å². The van der Waals surface area contributed by atoms with E-state index in [1.165, 1.54) is 0 Å². The molecule has 0 aliphatic rings. The van der Waals surface area contributed by atoms with Gasteiger partial charge >= 0.3 is 0 Å². The van der Waals surface area contributed by atoms with Gasteiger partial charge in [-0.25, -0.2) is 0 Å². The molecular formula is C13H18N2OS. The van der Waals surface area contributed by atoms with Gasteiger partial charge in [0.2, 0.25) is 5.91 Å². The number of nitriles is 1. The summed E-state index contributed by atoms with van der Waals surface area (Å²) in [4.78, 5) is 14.6. The molecule has 0 bridgehead atoms. The van der Waals surface area contributed by atoms with Gasteiger partial charge in [0, 0.05) is 11.9 Å². The van der Waals surface area contributed by atoms with Crippen LogP contribution in [-0.2, 0) is 11.2 Å². The molecule has 1 rings (SSSR count). The monoisotopic (exact) mass is 250 g/mol. The third-order valence-electron chi connectivity index (χ3n) is 2.61. The Kier molecular flexibility index (Phi) is 5.17. The van der Waals surface area contributed by atoms with Crippen molar-refractivity contribution < 1.29 is 4.79 Å². The zero-order chi connectivity index (χ0) is 12.8. The number of carbonyl (C=O) groups is 1. The van der Waals surface area contributed by atoms with E-state index in [0.717, 1.165) is 11.3 Å². The summed E-state index contributed by atoms with van der Waals surface area (Å²) >= 11 is 1.57. The van der Waals surface area contributed by atoms with Gasteiger partial charge in [0.25, 0.3) is 0 Å². The smallest absolute Gasteiger partial charge is 0.228 e. The summed E-state index contributed by atoms with van der Waals surface area (Å²) in [6.07, 6.45) is 1.12. The highest BCUT2D eigenvalue weighted by molar-refractivity contribution is 7.10. The maximum atomic E-state index is 12.0. The van der Waals surface area contributed by atoms with Gasteiger partial charge < -0.3 is 4.90 Å². The molecule has 92 valence electrons. The topological polar surface area (TPSA) is 44.1 Å². The molecule has 0 aliphatic heterocycles. The molecule has 0 saturated carbocycles. The SMILES string of the molecule is CC(C)CC(C#N)N(C)C(=O)Cc1cccs1. The van der Waals surface area contributed by atoms with Crippen molar-refractivity contribution in [2.45, 2.75) is 32.7 Å². The molecule has 1 unspecified atom stereocenters. The fourth-order valence-corrected chi connectivity index (χ4v) is 2.30. The second-order valence-electron chi connectivity index (χ2n) is 4.54. The van der Waals surface area contributed by atoms with E-state index in [0.29, 0.717) is 12.3 Å². The van der Waals surface area contributed by atoms with Crippen LogP contribution in [0.1, 0.15) is 25.1 Å². The van der Waals surface area contributed by atoms with E-state index in [4.69, 9.17) is 5.26 Å². The number of nitrogens with zero attached hydrogens (tertiary/aromatic N) is 2. The number of hydrogen-bond acceptors (Lipinski definition) is 3. The van der Waals surface area contributed by atoms with E-state index in [2.05, 4.69) is 19.9 Å². The van der Waals surface area contributed by atoms with Gasteiger partial charge in [-0.05, 0) is 23.8 Å². The van der Waals surface area contributed by atoms with Crippen molar-refractivity contribution >= 4 is 17.2 Å². The van der Waals surface area contributed by atoms with Crippen molar-refractivity contribution in [3.63, 3.8) is 0 Å². The Balaban J connectivity index is 2.59. The molecular weight excluding hydrogens is 232 g/mol. The highest BCUT2D eigenvalue weighted by Crippen LogP contribution is 2.14. The van der Waals surface area contributed by atoms with Crippen LogP contribution in [0.4, 0.5) is 0 Å². The number of thiophene rings is 1. The summed E-state index contributed by atoms with van der Waals surface area (Å²) in [7, 11) is 1.71. The minimum absolute atomic E-state index is 0.0136. The fourth-order valence-electron chi connectivity index (χ4n) is 1.60. The molecule has 0 radical (unpaired) electrons. The first-order chi connectivity index (χ1) is 8.04.